The molecule has 4 rings (SSSR count). The first-order chi connectivity index (χ1) is 20.1. The molecule has 224 valence electrons. The third-order valence-electron chi connectivity index (χ3n) is 7.48. The summed E-state index contributed by atoms with van der Waals surface area (Å²) >= 11 is 6.25. The second-order valence-corrected chi connectivity index (χ2v) is 13.1. The van der Waals surface area contributed by atoms with Gasteiger partial charge in [-0.15, -0.1) is 0 Å². The van der Waals surface area contributed by atoms with Crippen molar-refractivity contribution in [2.75, 3.05) is 17.1 Å². The van der Waals surface area contributed by atoms with Gasteiger partial charge in [-0.2, -0.15) is 0 Å². The summed E-state index contributed by atoms with van der Waals surface area (Å²) in [7, 11) is -3.68. The smallest absolute Gasteiger partial charge is 0.243 e. The maximum Gasteiger partial charge on any atom is 0.243 e. The first-order valence-electron chi connectivity index (χ1n) is 14.2. The lowest BCUT2D eigenvalue weighted by Gasteiger charge is -2.33. The van der Waals surface area contributed by atoms with Gasteiger partial charge in [-0.25, -0.2) is 12.8 Å². The fourth-order valence-corrected chi connectivity index (χ4v) is 6.54. The van der Waals surface area contributed by atoms with Crippen LogP contribution in [-0.4, -0.2) is 50.0 Å². The van der Waals surface area contributed by atoms with Gasteiger partial charge in [0, 0.05) is 37.0 Å². The Labute approximate surface area is 252 Å². The van der Waals surface area contributed by atoms with Gasteiger partial charge in [-0.05, 0) is 66.8 Å². The zero-order valence-electron chi connectivity index (χ0n) is 23.7. The molecule has 1 fully saturated rings. The van der Waals surface area contributed by atoms with Crippen molar-refractivity contribution in [3.05, 3.63) is 101 Å². The number of anilines is 1. The lowest BCUT2D eigenvalue weighted by Crippen LogP contribution is -2.52. The van der Waals surface area contributed by atoms with E-state index in [2.05, 4.69) is 5.32 Å². The van der Waals surface area contributed by atoms with E-state index in [9.17, 15) is 22.4 Å². The molecule has 1 N–H and O–H groups in total. The molecule has 2 amide bonds. The van der Waals surface area contributed by atoms with Gasteiger partial charge in [0.25, 0.3) is 0 Å². The van der Waals surface area contributed by atoms with Crippen LogP contribution in [0.15, 0.2) is 78.9 Å². The number of hydrogen-bond acceptors (Lipinski definition) is 4. The first kappa shape index (κ1) is 31.5. The van der Waals surface area contributed by atoms with Crippen molar-refractivity contribution < 1.29 is 22.4 Å². The number of carbonyl (C=O) groups is 2. The molecule has 0 spiro atoms. The highest BCUT2D eigenvalue weighted by Gasteiger charge is 2.32. The van der Waals surface area contributed by atoms with Crippen LogP contribution in [0.5, 0.6) is 0 Å². The molecule has 3 aromatic carbocycles. The van der Waals surface area contributed by atoms with Crippen molar-refractivity contribution in [1.29, 1.82) is 0 Å². The van der Waals surface area contributed by atoms with E-state index in [-0.39, 0.29) is 43.8 Å². The standard InChI is InChI=1S/C32H37ClFN3O4S/c1-42(40,41)37(29-18-16-27(34)17-19-29)20-8-15-31(38)36(23-25-11-7-12-26(33)21-25)30(22-24-9-3-2-4-10-24)32(39)35-28-13-5-6-14-28/h2-4,7,9-12,16-19,21,28,30H,5-6,8,13-15,20,22-23H2,1H3,(H,35,39)/t30-/m1/s1. The molecule has 0 aliphatic heterocycles. The normalized spacial score (nSPS) is 14.4. The quantitative estimate of drug-likeness (QED) is 0.267. The van der Waals surface area contributed by atoms with Crippen LogP contribution >= 0.6 is 11.6 Å². The summed E-state index contributed by atoms with van der Waals surface area (Å²) in [4.78, 5) is 29.3. The highest BCUT2D eigenvalue weighted by atomic mass is 35.5. The second kappa shape index (κ2) is 14.6. The topological polar surface area (TPSA) is 86.8 Å². The number of hydrogen-bond donors (Lipinski definition) is 1. The molecule has 0 aromatic heterocycles. The van der Waals surface area contributed by atoms with Crippen molar-refractivity contribution in [3.8, 4) is 0 Å². The Kier molecular flexibility index (Phi) is 11.0. The summed E-state index contributed by atoms with van der Waals surface area (Å²) in [5.41, 5.74) is 2.03. The van der Waals surface area contributed by atoms with E-state index in [0.717, 1.165) is 47.4 Å². The fraction of sp³-hybridized carbons (Fsp3) is 0.375. The molecule has 0 bridgehead atoms. The van der Waals surface area contributed by atoms with E-state index in [0.29, 0.717) is 17.1 Å². The average molecular weight is 614 g/mol. The molecule has 1 aliphatic carbocycles. The summed E-state index contributed by atoms with van der Waals surface area (Å²) in [5.74, 6) is -0.949. The summed E-state index contributed by atoms with van der Waals surface area (Å²) in [5, 5.41) is 3.70. The highest BCUT2D eigenvalue weighted by Crippen LogP contribution is 2.23. The molecule has 3 aromatic rings. The van der Waals surface area contributed by atoms with Gasteiger partial charge in [0.15, 0.2) is 0 Å². The predicted molar refractivity (Wildman–Crippen MR) is 164 cm³/mol. The van der Waals surface area contributed by atoms with Gasteiger partial charge >= 0.3 is 0 Å². The van der Waals surface area contributed by atoms with Crippen molar-refractivity contribution in [2.45, 2.75) is 63.6 Å². The SMILES string of the molecule is CS(=O)(=O)N(CCCC(=O)N(Cc1cccc(Cl)c1)[C@H](Cc1ccccc1)C(=O)NC1CCCC1)c1ccc(F)cc1. The Balaban J connectivity index is 1.58. The van der Waals surface area contributed by atoms with Crippen LogP contribution in [0.1, 0.15) is 49.7 Å². The van der Waals surface area contributed by atoms with Crippen LogP contribution in [-0.2, 0) is 32.6 Å². The zero-order chi connectivity index (χ0) is 30.1. The van der Waals surface area contributed by atoms with Gasteiger partial charge < -0.3 is 10.2 Å². The fourth-order valence-electron chi connectivity index (χ4n) is 5.36. The van der Waals surface area contributed by atoms with Crippen molar-refractivity contribution >= 4 is 39.1 Å². The van der Waals surface area contributed by atoms with E-state index in [1.165, 1.54) is 24.3 Å². The monoisotopic (exact) mass is 613 g/mol. The lowest BCUT2D eigenvalue weighted by atomic mass is 10.0. The number of sulfonamides is 1. The highest BCUT2D eigenvalue weighted by molar-refractivity contribution is 7.92. The Hall–Kier alpha value is -3.43. The average Bonchev–Trinajstić information content (AvgIpc) is 3.46. The van der Waals surface area contributed by atoms with E-state index < -0.39 is 21.9 Å². The number of rotatable bonds is 13. The molecule has 0 heterocycles. The summed E-state index contributed by atoms with van der Waals surface area (Å²) in [6, 6.07) is 21.3. The molecule has 1 atom stereocenters. The third kappa shape index (κ3) is 9.03. The van der Waals surface area contributed by atoms with Gasteiger partial charge in [-0.1, -0.05) is 66.9 Å². The minimum absolute atomic E-state index is 0.00970. The molecule has 42 heavy (non-hydrogen) atoms. The number of nitrogens with zero attached hydrogens (tertiary/aromatic N) is 2. The van der Waals surface area contributed by atoms with E-state index in [4.69, 9.17) is 11.6 Å². The molecule has 0 radical (unpaired) electrons. The Bertz CT molecular complexity index is 1450. The lowest BCUT2D eigenvalue weighted by molar-refractivity contribution is -0.141. The number of nitrogens with one attached hydrogen (secondary N) is 1. The number of amides is 2. The molecule has 0 saturated heterocycles. The van der Waals surface area contributed by atoms with Crippen LogP contribution in [0.25, 0.3) is 0 Å². The predicted octanol–water partition coefficient (Wildman–Crippen LogP) is 5.72. The van der Waals surface area contributed by atoms with Gasteiger partial charge in [-0.3, -0.25) is 13.9 Å². The van der Waals surface area contributed by atoms with Crippen LogP contribution in [0.3, 0.4) is 0 Å². The molecule has 1 saturated carbocycles. The van der Waals surface area contributed by atoms with Crippen LogP contribution in [0.4, 0.5) is 10.1 Å². The third-order valence-corrected chi connectivity index (χ3v) is 8.91. The van der Waals surface area contributed by atoms with E-state index in [1.54, 1.807) is 23.1 Å². The largest absolute Gasteiger partial charge is 0.352 e. The van der Waals surface area contributed by atoms with E-state index >= 15 is 0 Å². The molecular formula is C32H37ClFN3O4S. The summed E-state index contributed by atoms with van der Waals surface area (Å²) < 4.78 is 39.7. The van der Waals surface area contributed by atoms with Crippen LogP contribution in [0, 0.1) is 5.82 Å². The van der Waals surface area contributed by atoms with Crippen LogP contribution in [0.2, 0.25) is 5.02 Å². The van der Waals surface area contributed by atoms with Gasteiger partial charge in [0.2, 0.25) is 21.8 Å². The Morgan fingerprint density at radius 3 is 2.29 bits per heavy atom. The first-order valence-corrected chi connectivity index (χ1v) is 16.4. The maximum absolute atomic E-state index is 13.9. The number of carbonyl (C=O) groups excluding carboxylic acids is 2. The summed E-state index contributed by atoms with van der Waals surface area (Å²) in [6.45, 7) is 0.196. The zero-order valence-corrected chi connectivity index (χ0v) is 25.3. The van der Waals surface area contributed by atoms with Crippen LogP contribution < -0.4 is 9.62 Å². The minimum atomic E-state index is -3.68. The van der Waals surface area contributed by atoms with Gasteiger partial charge in [0.05, 0.1) is 11.9 Å². The summed E-state index contributed by atoms with van der Waals surface area (Å²) in [6.07, 6.45) is 5.57. The second-order valence-electron chi connectivity index (χ2n) is 10.8. The number of halogens is 2. The molecule has 0 unspecified atom stereocenters. The van der Waals surface area contributed by atoms with Crippen molar-refractivity contribution in [1.82, 2.24) is 10.2 Å². The molecule has 7 nitrogen and oxygen atoms in total. The number of benzene rings is 3. The minimum Gasteiger partial charge on any atom is -0.352 e. The Morgan fingerprint density at radius 1 is 0.976 bits per heavy atom. The van der Waals surface area contributed by atoms with Gasteiger partial charge in [0.1, 0.15) is 11.9 Å². The van der Waals surface area contributed by atoms with Crippen molar-refractivity contribution in [2.24, 2.45) is 0 Å². The molecule has 10 heteroatoms. The van der Waals surface area contributed by atoms with Crippen molar-refractivity contribution in [3.63, 3.8) is 0 Å². The maximum atomic E-state index is 13.9. The Morgan fingerprint density at radius 2 is 1.64 bits per heavy atom. The molecule has 1 aliphatic rings. The molecular weight excluding hydrogens is 577 g/mol. The van der Waals surface area contributed by atoms with E-state index in [1.807, 2.05) is 36.4 Å².